The minimum atomic E-state index is -0.567. The van der Waals surface area contributed by atoms with Crippen molar-refractivity contribution in [1.29, 1.82) is 0 Å². The smallest absolute Gasteiger partial charge is 0.246 e. The molecular weight excluding hydrogens is 448 g/mol. The Kier molecular flexibility index (Phi) is 7.99. The number of carbonyl (C=O) groups is 1. The molecular formula is C31H36N2O3. The van der Waals surface area contributed by atoms with Crippen molar-refractivity contribution in [3.63, 3.8) is 0 Å². The number of ether oxygens (including phenoxy) is 1. The van der Waals surface area contributed by atoms with E-state index in [0.29, 0.717) is 18.2 Å². The van der Waals surface area contributed by atoms with Crippen LogP contribution in [-0.4, -0.2) is 66.2 Å². The molecule has 1 unspecified atom stereocenters. The van der Waals surface area contributed by atoms with Gasteiger partial charge in [0.1, 0.15) is 18.5 Å². The lowest BCUT2D eigenvalue weighted by Gasteiger charge is -2.33. The third-order valence-electron chi connectivity index (χ3n) is 7.49. The molecule has 1 amide bonds. The van der Waals surface area contributed by atoms with Gasteiger partial charge in [-0.3, -0.25) is 4.79 Å². The molecule has 5 rings (SSSR count). The third kappa shape index (κ3) is 5.97. The molecule has 2 aliphatic heterocycles. The number of hydrogen-bond donors (Lipinski definition) is 1. The van der Waals surface area contributed by atoms with Crippen LogP contribution in [0.3, 0.4) is 0 Å². The topological polar surface area (TPSA) is 53.0 Å². The van der Waals surface area contributed by atoms with E-state index in [1.54, 1.807) is 6.08 Å². The average Bonchev–Trinajstić information content (AvgIpc) is 3.47. The van der Waals surface area contributed by atoms with Crippen LogP contribution in [0.2, 0.25) is 0 Å². The van der Waals surface area contributed by atoms with Crippen LogP contribution in [0.4, 0.5) is 0 Å². The maximum absolute atomic E-state index is 12.3. The molecule has 0 saturated carbocycles. The molecule has 0 bridgehead atoms. The number of fused-ring (bicyclic) bond motifs is 1. The van der Waals surface area contributed by atoms with E-state index in [4.69, 9.17) is 4.74 Å². The van der Waals surface area contributed by atoms with Gasteiger partial charge >= 0.3 is 0 Å². The van der Waals surface area contributed by atoms with Crippen LogP contribution in [-0.2, 0) is 4.79 Å². The van der Waals surface area contributed by atoms with E-state index in [1.165, 1.54) is 16.3 Å². The number of β-amino-alcohol motifs (C(OH)–C–C–N with tert-alkyl or cyclic N) is 1. The van der Waals surface area contributed by atoms with Crippen molar-refractivity contribution in [3.05, 3.63) is 83.9 Å². The molecule has 0 spiro atoms. The SMILES string of the molecule is O=C(C=Cc1ccccc1OCC(O)CN1CCC(c2cccc3ccccc23)CC1)N1CCCC1. The zero-order valence-electron chi connectivity index (χ0n) is 20.9. The van der Waals surface area contributed by atoms with Gasteiger partial charge in [-0.15, -0.1) is 0 Å². The highest BCUT2D eigenvalue weighted by atomic mass is 16.5. The highest BCUT2D eigenvalue weighted by Crippen LogP contribution is 2.33. The molecule has 3 aromatic carbocycles. The highest BCUT2D eigenvalue weighted by molar-refractivity contribution is 5.92. The van der Waals surface area contributed by atoms with Crippen LogP contribution in [0.25, 0.3) is 16.8 Å². The number of hydrogen-bond acceptors (Lipinski definition) is 4. The second-order valence-electron chi connectivity index (χ2n) is 10.0. The number of benzene rings is 3. The molecule has 188 valence electrons. The summed E-state index contributed by atoms with van der Waals surface area (Å²) in [4.78, 5) is 16.6. The molecule has 3 aromatic rings. The van der Waals surface area contributed by atoms with Crippen LogP contribution >= 0.6 is 0 Å². The number of likely N-dealkylation sites (tertiary alicyclic amines) is 2. The van der Waals surface area contributed by atoms with Crippen molar-refractivity contribution < 1.29 is 14.6 Å². The number of rotatable bonds is 8. The molecule has 1 atom stereocenters. The molecule has 1 N–H and O–H groups in total. The first-order valence-corrected chi connectivity index (χ1v) is 13.2. The Morgan fingerprint density at radius 3 is 2.50 bits per heavy atom. The van der Waals surface area contributed by atoms with Gasteiger partial charge in [-0.1, -0.05) is 60.7 Å². The molecule has 5 heteroatoms. The summed E-state index contributed by atoms with van der Waals surface area (Å²) in [5.74, 6) is 1.30. The van der Waals surface area contributed by atoms with Gasteiger partial charge in [-0.2, -0.15) is 0 Å². The minimum Gasteiger partial charge on any atom is -0.490 e. The first-order valence-electron chi connectivity index (χ1n) is 13.2. The maximum Gasteiger partial charge on any atom is 0.246 e. The van der Waals surface area contributed by atoms with Gasteiger partial charge in [0.15, 0.2) is 0 Å². The van der Waals surface area contributed by atoms with Crippen molar-refractivity contribution in [3.8, 4) is 5.75 Å². The van der Waals surface area contributed by atoms with Gasteiger partial charge in [0.2, 0.25) is 5.91 Å². The summed E-state index contributed by atoms with van der Waals surface area (Å²) in [7, 11) is 0. The molecule has 2 saturated heterocycles. The van der Waals surface area contributed by atoms with Crippen molar-refractivity contribution in [2.75, 3.05) is 39.3 Å². The lowest BCUT2D eigenvalue weighted by molar-refractivity contribution is -0.124. The number of aliphatic hydroxyl groups is 1. The molecule has 36 heavy (non-hydrogen) atoms. The van der Waals surface area contributed by atoms with Gasteiger partial charge in [0.25, 0.3) is 0 Å². The van der Waals surface area contributed by atoms with Crippen LogP contribution in [0.5, 0.6) is 5.75 Å². The summed E-state index contributed by atoms with van der Waals surface area (Å²) >= 11 is 0. The maximum atomic E-state index is 12.3. The van der Waals surface area contributed by atoms with Crippen molar-refractivity contribution >= 4 is 22.8 Å². The van der Waals surface area contributed by atoms with E-state index in [1.807, 2.05) is 35.2 Å². The Balaban J connectivity index is 1.11. The van der Waals surface area contributed by atoms with Gasteiger partial charge in [0, 0.05) is 31.3 Å². The molecule has 0 aromatic heterocycles. The predicted molar refractivity (Wildman–Crippen MR) is 145 cm³/mol. The largest absolute Gasteiger partial charge is 0.490 e. The Morgan fingerprint density at radius 2 is 1.67 bits per heavy atom. The van der Waals surface area contributed by atoms with E-state index in [2.05, 4.69) is 47.4 Å². The summed E-state index contributed by atoms with van der Waals surface area (Å²) in [6.07, 6.45) is 7.24. The summed E-state index contributed by atoms with van der Waals surface area (Å²) in [6.45, 7) is 4.47. The van der Waals surface area contributed by atoms with Crippen LogP contribution < -0.4 is 4.74 Å². The Labute approximate surface area is 214 Å². The second kappa shape index (κ2) is 11.7. The number of aliphatic hydroxyl groups excluding tert-OH is 1. The Morgan fingerprint density at radius 1 is 0.944 bits per heavy atom. The minimum absolute atomic E-state index is 0.0502. The fourth-order valence-corrected chi connectivity index (χ4v) is 5.52. The fraction of sp³-hybridized carbons (Fsp3) is 0.387. The lowest BCUT2D eigenvalue weighted by Crippen LogP contribution is -2.40. The quantitative estimate of drug-likeness (QED) is 0.452. The standard InChI is InChI=1S/C31H36N2O3/c34-27(23-36-30-13-4-2-9-26(30)14-15-31(35)33-18-5-6-19-33)22-32-20-16-25(17-21-32)29-12-7-10-24-8-1-3-11-28(24)29/h1-4,7-15,25,27,34H,5-6,16-23H2. The van der Waals surface area contributed by atoms with E-state index >= 15 is 0 Å². The second-order valence-corrected chi connectivity index (χ2v) is 10.0. The lowest BCUT2D eigenvalue weighted by atomic mass is 9.86. The number of piperidine rings is 1. The van der Waals surface area contributed by atoms with E-state index in [-0.39, 0.29) is 12.5 Å². The first kappa shape index (κ1) is 24.5. The number of nitrogens with zero attached hydrogens (tertiary/aromatic N) is 2. The van der Waals surface area contributed by atoms with Crippen molar-refractivity contribution in [1.82, 2.24) is 9.80 Å². The molecule has 0 radical (unpaired) electrons. The average molecular weight is 485 g/mol. The van der Waals surface area contributed by atoms with Gasteiger partial charge < -0.3 is 19.6 Å². The van der Waals surface area contributed by atoms with E-state index in [9.17, 15) is 9.90 Å². The molecule has 2 fully saturated rings. The zero-order valence-corrected chi connectivity index (χ0v) is 20.9. The zero-order chi connectivity index (χ0) is 24.7. The van der Waals surface area contributed by atoms with E-state index in [0.717, 1.165) is 57.4 Å². The highest BCUT2D eigenvalue weighted by Gasteiger charge is 2.23. The summed E-state index contributed by atoms with van der Waals surface area (Å²) in [6, 6.07) is 22.9. The number of amides is 1. The van der Waals surface area contributed by atoms with Crippen LogP contribution in [0.1, 0.15) is 42.7 Å². The summed E-state index contributed by atoms with van der Waals surface area (Å²) in [5.41, 5.74) is 2.30. The van der Waals surface area contributed by atoms with Crippen molar-refractivity contribution in [2.45, 2.75) is 37.7 Å². The fourth-order valence-electron chi connectivity index (χ4n) is 5.52. The third-order valence-corrected chi connectivity index (χ3v) is 7.49. The number of carbonyl (C=O) groups excluding carboxylic acids is 1. The Hall–Kier alpha value is -3.15. The molecule has 0 aliphatic carbocycles. The number of para-hydroxylation sites is 1. The van der Waals surface area contributed by atoms with Crippen LogP contribution in [0, 0.1) is 0 Å². The Bertz CT molecular complexity index is 1190. The molecule has 2 aliphatic rings. The predicted octanol–water partition coefficient (Wildman–Crippen LogP) is 5.09. The van der Waals surface area contributed by atoms with Crippen LogP contribution in [0.15, 0.2) is 72.8 Å². The summed E-state index contributed by atoms with van der Waals surface area (Å²) in [5, 5.41) is 13.4. The summed E-state index contributed by atoms with van der Waals surface area (Å²) < 4.78 is 5.98. The molecule has 2 heterocycles. The van der Waals surface area contributed by atoms with Gasteiger partial charge in [0.05, 0.1) is 0 Å². The molecule has 5 nitrogen and oxygen atoms in total. The van der Waals surface area contributed by atoms with Crippen molar-refractivity contribution in [2.24, 2.45) is 0 Å². The van der Waals surface area contributed by atoms with Gasteiger partial charge in [-0.25, -0.2) is 0 Å². The van der Waals surface area contributed by atoms with E-state index < -0.39 is 6.10 Å². The normalized spacial score (nSPS) is 18.2. The van der Waals surface area contributed by atoms with Gasteiger partial charge in [-0.05, 0) is 73.2 Å². The first-order chi connectivity index (χ1) is 17.7. The monoisotopic (exact) mass is 484 g/mol.